The van der Waals surface area contributed by atoms with Crippen LogP contribution in [0.15, 0.2) is 40.9 Å². The SMILES string of the molecule is O=C1CC[C@H]2[C@@H]1[C@H](c1cccc(Br)c1F)[C@]1(C(=O)Nc3cc(Cl)ccc31)N2CC1CC1. The molecule has 2 saturated carbocycles. The molecule has 2 aromatic carbocycles. The van der Waals surface area contributed by atoms with Gasteiger partial charge in [0.1, 0.15) is 17.1 Å². The molecule has 0 radical (unpaired) electrons. The standard InChI is InChI=1S/C24H21BrClFN2O2/c25-16-3-1-2-14(22(16)27)21-20-18(8-9-19(20)30)29(11-12-4-5-12)24(21)15-7-6-13(26)10-17(15)28-23(24)31/h1-3,6-7,10,12,18,20-21H,4-5,8-9,11H2,(H,28,31)/t18-,20-,21-,24+/m0/s1. The highest BCUT2D eigenvalue weighted by atomic mass is 79.9. The summed E-state index contributed by atoms with van der Waals surface area (Å²) in [5.41, 5.74) is 0.770. The smallest absolute Gasteiger partial charge is 0.250 e. The summed E-state index contributed by atoms with van der Waals surface area (Å²) in [6.45, 7) is 0.746. The minimum atomic E-state index is -1.12. The minimum absolute atomic E-state index is 0.0659. The summed E-state index contributed by atoms with van der Waals surface area (Å²) in [7, 11) is 0. The fourth-order valence-electron chi connectivity index (χ4n) is 6.23. The molecule has 1 spiro atoms. The van der Waals surface area contributed by atoms with Crippen molar-refractivity contribution in [3.8, 4) is 0 Å². The molecule has 6 rings (SSSR count). The molecule has 2 heterocycles. The molecule has 3 fully saturated rings. The molecular formula is C24H21BrClFN2O2. The van der Waals surface area contributed by atoms with Crippen LogP contribution in [-0.4, -0.2) is 29.2 Å². The maximum atomic E-state index is 15.5. The topological polar surface area (TPSA) is 49.4 Å². The van der Waals surface area contributed by atoms with Crippen molar-refractivity contribution in [3.63, 3.8) is 0 Å². The fourth-order valence-corrected chi connectivity index (χ4v) is 6.79. The maximum absolute atomic E-state index is 15.5. The number of hydrogen-bond acceptors (Lipinski definition) is 3. The van der Waals surface area contributed by atoms with E-state index in [2.05, 4.69) is 26.1 Å². The number of likely N-dealkylation sites (tertiary alicyclic amines) is 1. The Hall–Kier alpha value is -1.76. The van der Waals surface area contributed by atoms with E-state index in [4.69, 9.17) is 11.6 Å². The number of carbonyl (C=O) groups is 2. The average Bonchev–Trinajstić information content (AvgIpc) is 3.33. The maximum Gasteiger partial charge on any atom is 0.250 e. The Kier molecular flexibility index (Phi) is 4.41. The van der Waals surface area contributed by atoms with E-state index in [9.17, 15) is 9.59 Å². The second-order valence-electron chi connectivity index (χ2n) is 9.22. The van der Waals surface area contributed by atoms with Gasteiger partial charge in [0.05, 0.1) is 4.47 Å². The third kappa shape index (κ3) is 2.68. The Morgan fingerprint density at radius 2 is 2.00 bits per heavy atom. The summed E-state index contributed by atoms with van der Waals surface area (Å²) >= 11 is 9.54. The van der Waals surface area contributed by atoms with Gasteiger partial charge >= 0.3 is 0 Å². The van der Waals surface area contributed by atoms with Gasteiger partial charge in [0, 0.05) is 47.1 Å². The first-order valence-electron chi connectivity index (χ1n) is 10.8. The summed E-state index contributed by atoms with van der Waals surface area (Å²) in [4.78, 5) is 29.3. The number of ketones is 1. The quantitative estimate of drug-likeness (QED) is 0.623. The predicted octanol–water partition coefficient (Wildman–Crippen LogP) is 5.25. The lowest BCUT2D eigenvalue weighted by atomic mass is 9.71. The monoisotopic (exact) mass is 502 g/mol. The van der Waals surface area contributed by atoms with Gasteiger partial charge in [-0.3, -0.25) is 14.5 Å². The van der Waals surface area contributed by atoms with Crippen molar-refractivity contribution in [1.29, 1.82) is 0 Å². The summed E-state index contributed by atoms with van der Waals surface area (Å²) < 4.78 is 15.9. The molecule has 1 amide bonds. The number of rotatable bonds is 3. The van der Waals surface area contributed by atoms with Gasteiger partial charge in [-0.05, 0) is 64.9 Å². The molecule has 4 aliphatic rings. The first-order chi connectivity index (χ1) is 14.9. The fraction of sp³-hybridized carbons (Fsp3) is 0.417. The van der Waals surface area contributed by atoms with Crippen LogP contribution >= 0.6 is 27.5 Å². The minimum Gasteiger partial charge on any atom is -0.324 e. The van der Waals surface area contributed by atoms with Gasteiger partial charge in [-0.15, -0.1) is 0 Å². The molecule has 2 aliphatic carbocycles. The van der Waals surface area contributed by atoms with Crippen molar-refractivity contribution in [2.45, 2.75) is 43.2 Å². The summed E-state index contributed by atoms with van der Waals surface area (Å²) in [5, 5.41) is 3.55. The lowest BCUT2D eigenvalue weighted by Crippen LogP contribution is -2.52. The zero-order valence-electron chi connectivity index (χ0n) is 16.7. The molecule has 160 valence electrons. The van der Waals surface area contributed by atoms with Crippen LogP contribution in [0.3, 0.4) is 0 Å². The molecule has 31 heavy (non-hydrogen) atoms. The van der Waals surface area contributed by atoms with Crippen molar-refractivity contribution in [3.05, 3.63) is 62.8 Å². The zero-order valence-corrected chi connectivity index (χ0v) is 19.0. The second kappa shape index (κ2) is 6.87. The predicted molar refractivity (Wildman–Crippen MR) is 120 cm³/mol. The van der Waals surface area contributed by atoms with Crippen LogP contribution in [0.1, 0.15) is 42.7 Å². The number of Topliss-reactive ketones (excluding diaryl/α,β-unsaturated/α-hetero) is 1. The van der Waals surface area contributed by atoms with Crippen LogP contribution in [0.4, 0.5) is 10.1 Å². The summed E-state index contributed by atoms with van der Waals surface area (Å²) in [5.74, 6) is -0.933. The first-order valence-corrected chi connectivity index (χ1v) is 11.9. The van der Waals surface area contributed by atoms with Crippen molar-refractivity contribution >= 4 is 44.9 Å². The van der Waals surface area contributed by atoms with Crippen LogP contribution in [0.2, 0.25) is 5.02 Å². The molecule has 0 unspecified atom stereocenters. The summed E-state index contributed by atoms with van der Waals surface area (Å²) in [6, 6.07) is 10.5. The zero-order chi connectivity index (χ0) is 21.5. The Labute approximate surface area is 193 Å². The number of amides is 1. The normalized spacial score (nSPS) is 31.9. The number of benzene rings is 2. The Morgan fingerprint density at radius 3 is 2.77 bits per heavy atom. The van der Waals surface area contributed by atoms with Gasteiger partial charge in [0.15, 0.2) is 0 Å². The molecule has 7 heteroatoms. The van der Waals surface area contributed by atoms with Crippen LogP contribution in [0, 0.1) is 17.7 Å². The molecule has 1 saturated heterocycles. The average molecular weight is 504 g/mol. The van der Waals surface area contributed by atoms with Crippen LogP contribution < -0.4 is 5.32 Å². The number of nitrogens with one attached hydrogen (secondary N) is 1. The number of nitrogens with zero attached hydrogens (tertiary/aromatic N) is 1. The molecule has 4 atom stereocenters. The van der Waals surface area contributed by atoms with Crippen LogP contribution in [0.5, 0.6) is 0 Å². The molecule has 2 aliphatic heterocycles. The number of hydrogen-bond donors (Lipinski definition) is 1. The van der Waals surface area contributed by atoms with E-state index in [0.717, 1.165) is 24.9 Å². The first kappa shape index (κ1) is 19.9. The van der Waals surface area contributed by atoms with Gasteiger partial charge in [-0.1, -0.05) is 29.8 Å². The van der Waals surface area contributed by atoms with Crippen molar-refractivity contribution in [1.82, 2.24) is 4.90 Å². The molecule has 4 nitrogen and oxygen atoms in total. The largest absolute Gasteiger partial charge is 0.324 e. The van der Waals surface area contributed by atoms with E-state index in [0.29, 0.717) is 39.5 Å². The highest BCUT2D eigenvalue weighted by molar-refractivity contribution is 9.10. The lowest BCUT2D eigenvalue weighted by molar-refractivity contribution is -0.128. The van der Waals surface area contributed by atoms with Crippen molar-refractivity contribution < 1.29 is 14.0 Å². The Bertz CT molecular complexity index is 1140. The van der Waals surface area contributed by atoms with Crippen LogP contribution in [0.25, 0.3) is 0 Å². The van der Waals surface area contributed by atoms with E-state index in [1.807, 2.05) is 6.07 Å². The molecular weight excluding hydrogens is 483 g/mol. The summed E-state index contributed by atoms with van der Waals surface area (Å²) in [6.07, 6.45) is 3.44. The van der Waals surface area contributed by atoms with Crippen molar-refractivity contribution in [2.24, 2.45) is 11.8 Å². The van der Waals surface area contributed by atoms with E-state index >= 15 is 4.39 Å². The van der Waals surface area contributed by atoms with Crippen LogP contribution in [-0.2, 0) is 15.1 Å². The molecule has 0 bridgehead atoms. The van der Waals surface area contributed by atoms with Gasteiger partial charge in [-0.2, -0.15) is 0 Å². The number of carbonyl (C=O) groups excluding carboxylic acids is 2. The third-order valence-electron chi connectivity index (χ3n) is 7.59. The molecule has 0 aromatic heterocycles. The Morgan fingerprint density at radius 1 is 1.19 bits per heavy atom. The van der Waals surface area contributed by atoms with Gasteiger partial charge < -0.3 is 5.32 Å². The third-order valence-corrected chi connectivity index (χ3v) is 8.44. The highest BCUT2D eigenvalue weighted by Crippen LogP contribution is 2.63. The van der Waals surface area contributed by atoms with Gasteiger partial charge in [-0.25, -0.2) is 4.39 Å². The highest BCUT2D eigenvalue weighted by Gasteiger charge is 2.69. The van der Waals surface area contributed by atoms with E-state index in [1.54, 1.807) is 30.3 Å². The number of anilines is 1. The Balaban J connectivity index is 1.65. The number of halogens is 3. The molecule has 1 N–H and O–H groups in total. The van der Waals surface area contributed by atoms with E-state index in [1.165, 1.54) is 0 Å². The van der Waals surface area contributed by atoms with E-state index < -0.39 is 23.2 Å². The van der Waals surface area contributed by atoms with Crippen molar-refractivity contribution in [2.75, 3.05) is 11.9 Å². The van der Waals surface area contributed by atoms with Gasteiger partial charge in [0.2, 0.25) is 5.91 Å². The lowest BCUT2D eigenvalue weighted by Gasteiger charge is -2.40. The second-order valence-corrected chi connectivity index (χ2v) is 10.5. The number of fused-ring (bicyclic) bond motifs is 3. The van der Waals surface area contributed by atoms with Gasteiger partial charge in [0.25, 0.3) is 0 Å². The molecule has 2 aromatic rings. The van der Waals surface area contributed by atoms with E-state index in [-0.39, 0.29) is 17.7 Å².